The molecule has 0 saturated heterocycles. The average Bonchev–Trinajstić information content (AvgIpc) is 2.02. The molecule has 0 fully saturated rings. The maximum Gasteiger partial charge on any atom is 0.311 e. The Kier molecular flexibility index (Phi) is 14.3. The minimum Gasteiger partial charge on any atom is -0.172 e. The monoisotopic (exact) mass is 177 g/mol. The van der Waals surface area contributed by atoms with Crippen molar-refractivity contribution in [2.45, 2.75) is 26.2 Å². The van der Waals surface area contributed by atoms with Crippen molar-refractivity contribution in [1.82, 2.24) is 0 Å². The van der Waals surface area contributed by atoms with Gasteiger partial charge in [-0.1, -0.05) is 19.8 Å². The van der Waals surface area contributed by atoms with Gasteiger partial charge in [-0.05, 0) is 6.42 Å². The second-order valence-corrected chi connectivity index (χ2v) is 2.47. The fourth-order valence-electron chi connectivity index (χ4n) is 0.501. The van der Waals surface area contributed by atoms with Crippen molar-refractivity contribution in [1.29, 1.82) is 0 Å². The van der Waals surface area contributed by atoms with Gasteiger partial charge >= 0.3 is 10.5 Å². The van der Waals surface area contributed by atoms with Gasteiger partial charge < -0.3 is 0 Å². The van der Waals surface area contributed by atoms with E-state index in [1.165, 1.54) is 0 Å². The molecule has 0 heterocycles. The van der Waals surface area contributed by atoms with Crippen LogP contribution in [0.3, 0.4) is 0 Å². The summed E-state index contributed by atoms with van der Waals surface area (Å²) in [6.07, 6.45) is 3.03. The lowest BCUT2D eigenvalue weighted by Gasteiger charge is -1.86. The molecule has 0 aromatic carbocycles. The highest BCUT2D eigenvalue weighted by Gasteiger charge is 1.81. The number of hydrogen-bond donors (Lipinski definition) is 0. The summed E-state index contributed by atoms with van der Waals surface area (Å²) < 4.78 is 22.9. The Balaban J connectivity index is 0. The van der Waals surface area contributed by atoms with Gasteiger partial charge in [-0.25, -0.2) is 0 Å². The maximum atomic E-state index is 9.80. The Morgan fingerprint density at radius 2 is 1.82 bits per heavy atom. The highest BCUT2D eigenvalue weighted by Crippen LogP contribution is 1.92. The van der Waals surface area contributed by atoms with E-state index in [0.717, 1.165) is 19.3 Å². The fraction of sp³-hybridized carbons (Fsp3) is 0.714. The van der Waals surface area contributed by atoms with Crippen LogP contribution in [0.2, 0.25) is 0 Å². The first-order chi connectivity index (χ1) is 5.27. The highest BCUT2D eigenvalue weighted by atomic mass is 32.2. The zero-order valence-electron chi connectivity index (χ0n) is 6.91. The van der Waals surface area contributed by atoms with Gasteiger partial charge in [0.25, 0.3) is 0 Å². The molecule has 11 heavy (non-hydrogen) atoms. The van der Waals surface area contributed by atoms with Crippen molar-refractivity contribution in [2.24, 2.45) is 4.36 Å². The first-order valence-electron chi connectivity index (χ1n) is 3.54. The van der Waals surface area contributed by atoms with Crippen molar-refractivity contribution in [3.8, 4) is 0 Å². The molecule has 0 aromatic rings. The van der Waals surface area contributed by atoms with Crippen LogP contribution in [0.4, 0.5) is 0 Å². The fourth-order valence-corrected chi connectivity index (χ4v) is 0.779. The molecular weight excluding hydrogens is 162 g/mol. The van der Waals surface area contributed by atoms with Crippen LogP contribution in [-0.2, 0) is 10.5 Å². The topological polar surface area (TPSA) is 46.5 Å². The Morgan fingerprint density at radius 3 is 2.18 bits per heavy atom. The molecule has 0 saturated carbocycles. The molecule has 0 rings (SSSR count). The third kappa shape index (κ3) is 17.6. The van der Waals surface area contributed by atoms with Crippen LogP contribution in [0.25, 0.3) is 0 Å². The lowest BCUT2D eigenvalue weighted by molar-refractivity contribution is 0.618. The summed E-state index contributed by atoms with van der Waals surface area (Å²) in [5.74, 6) is 0. The quantitative estimate of drug-likeness (QED) is 0.487. The van der Waals surface area contributed by atoms with E-state index >= 15 is 0 Å². The van der Waals surface area contributed by atoms with Gasteiger partial charge in [0.2, 0.25) is 0 Å². The molecule has 0 aliphatic rings. The summed E-state index contributed by atoms with van der Waals surface area (Å²) in [7, 11) is -2.19. The SMILES string of the molecule is C=C.CCCCCN=S(=O)=O. The van der Waals surface area contributed by atoms with Gasteiger partial charge in [0.05, 0.1) is 6.54 Å². The van der Waals surface area contributed by atoms with Crippen molar-refractivity contribution in [2.75, 3.05) is 6.54 Å². The molecule has 3 nitrogen and oxygen atoms in total. The van der Waals surface area contributed by atoms with Gasteiger partial charge in [-0.15, -0.1) is 13.2 Å². The van der Waals surface area contributed by atoms with Crippen molar-refractivity contribution in [3.63, 3.8) is 0 Å². The lowest BCUT2D eigenvalue weighted by Crippen LogP contribution is -1.78. The van der Waals surface area contributed by atoms with Gasteiger partial charge in [-0.2, -0.15) is 12.8 Å². The van der Waals surface area contributed by atoms with Gasteiger partial charge in [0, 0.05) is 0 Å². The molecule has 0 atom stereocenters. The smallest absolute Gasteiger partial charge is 0.172 e. The van der Waals surface area contributed by atoms with E-state index < -0.39 is 10.5 Å². The highest BCUT2D eigenvalue weighted by molar-refractivity contribution is 7.61. The Hall–Kier alpha value is -0.640. The van der Waals surface area contributed by atoms with E-state index in [1.807, 2.05) is 0 Å². The van der Waals surface area contributed by atoms with Gasteiger partial charge in [-0.3, -0.25) is 0 Å². The summed E-state index contributed by atoms with van der Waals surface area (Å²) in [5.41, 5.74) is 0. The van der Waals surface area contributed by atoms with E-state index in [4.69, 9.17) is 0 Å². The summed E-state index contributed by atoms with van der Waals surface area (Å²) in [5, 5.41) is 0. The predicted molar refractivity (Wildman–Crippen MR) is 47.0 cm³/mol. The zero-order valence-corrected chi connectivity index (χ0v) is 7.73. The third-order valence-electron chi connectivity index (χ3n) is 0.958. The maximum absolute atomic E-state index is 9.80. The first kappa shape index (κ1) is 13.0. The van der Waals surface area contributed by atoms with E-state index in [9.17, 15) is 8.42 Å². The molecule has 0 N–H and O–H groups in total. The summed E-state index contributed by atoms with van der Waals surface area (Å²) >= 11 is 0. The number of hydrogen-bond acceptors (Lipinski definition) is 3. The van der Waals surface area contributed by atoms with Crippen LogP contribution in [0, 0.1) is 0 Å². The van der Waals surface area contributed by atoms with Crippen LogP contribution in [0.15, 0.2) is 17.5 Å². The van der Waals surface area contributed by atoms with Crippen molar-refractivity contribution in [3.05, 3.63) is 13.2 Å². The third-order valence-corrected chi connectivity index (χ3v) is 1.35. The minimum absolute atomic E-state index is 0.448. The van der Waals surface area contributed by atoms with E-state index in [-0.39, 0.29) is 0 Å². The van der Waals surface area contributed by atoms with Crippen LogP contribution >= 0.6 is 0 Å². The number of unbranched alkanes of at least 4 members (excludes halogenated alkanes) is 2. The van der Waals surface area contributed by atoms with E-state index in [2.05, 4.69) is 24.4 Å². The second kappa shape index (κ2) is 12.1. The van der Waals surface area contributed by atoms with Crippen molar-refractivity contribution < 1.29 is 8.42 Å². The van der Waals surface area contributed by atoms with Crippen LogP contribution in [0.1, 0.15) is 26.2 Å². The molecule has 0 unspecified atom stereocenters. The molecule has 0 aliphatic carbocycles. The largest absolute Gasteiger partial charge is 0.311 e. The van der Waals surface area contributed by atoms with E-state index in [0.29, 0.717) is 6.54 Å². The standard InChI is InChI=1S/C5H11NO2S.C2H4/c1-2-3-4-5-6-9(7)8;1-2/h2-5H2,1H3;1-2H2. The molecule has 0 radical (unpaired) electrons. The molecule has 4 heteroatoms. The van der Waals surface area contributed by atoms with Crippen LogP contribution < -0.4 is 0 Å². The summed E-state index contributed by atoms with van der Waals surface area (Å²) in [6.45, 7) is 8.51. The summed E-state index contributed by atoms with van der Waals surface area (Å²) in [4.78, 5) is 0. The van der Waals surface area contributed by atoms with Crippen molar-refractivity contribution >= 4 is 10.5 Å². The lowest BCUT2D eigenvalue weighted by atomic mass is 10.3. The van der Waals surface area contributed by atoms with Gasteiger partial charge in [0.15, 0.2) is 0 Å². The average molecular weight is 177 g/mol. The molecule has 0 aromatic heterocycles. The molecule has 66 valence electrons. The first-order valence-corrected chi connectivity index (χ1v) is 4.57. The second-order valence-electron chi connectivity index (χ2n) is 1.78. The molecule has 0 aliphatic heterocycles. The number of rotatable bonds is 4. The number of nitrogens with zero attached hydrogens (tertiary/aromatic N) is 1. The Morgan fingerprint density at radius 1 is 1.27 bits per heavy atom. The minimum atomic E-state index is -2.19. The van der Waals surface area contributed by atoms with Crippen LogP contribution in [-0.4, -0.2) is 15.0 Å². The van der Waals surface area contributed by atoms with E-state index in [1.54, 1.807) is 0 Å². The zero-order chi connectivity index (χ0) is 9.11. The Bertz CT molecular complexity index is 177. The normalized spacial score (nSPS) is 7.73. The van der Waals surface area contributed by atoms with Gasteiger partial charge in [0.1, 0.15) is 0 Å². The molecule has 0 bridgehead atoms. The molecule has 0 spiro atoms. The van der Waals surface area contributed by atoms with Crippen LogP contribution in [0.5, 0.6) is 0 Å². The summed E-state index contributed by atoms with van der Waals surface area (Å²) in [6, 6.07) is 0. The predicted octanol–water partition coefficient (Wildman–Crippen LogP) is 2.04. The Labute approximate surface area is 69.8 Å². The molecule has 0 amide bonds. The molecular formula is C7H15NO2S.